The van der Waals surface area contributed by atoms with Gasteiger partial charge < -0.3 is 10.6 Å². The van der Waals surface area contributed by atoms with Crippen LogP contribution in [0.25, 0.3) is 0 Å². The smallest absolute Gasteiger partial charge is 0.291 e. The Morgan fingerprint density at radius 2 is 2.44 bits per heavy atom. The molecule has 3 rings (SSSR count). The summed E-state index contributed by atoms with van der Waals surface area (Å²) in [7, 11) is 0. The molecule has 3 N–H and O–H groups in total. The summed E-state index contributed by atoms with van der Waals surface area (Å²) in [4.78, 5) is 18.0. The lowest BCUT2D eigenvalue weighted by atomic mass is 10.3. The van der Waals surface area contributed by atoms with Gasteiger partial charge in [-0.1, -0.05) is 0 Å². The van der Waals surface area contributed by atoms with E-state index in [-0.39, 0.29) is 17.7 Å². The maximum absolute atomic E-state index is 12.3. The molecule has 1 saturated carbocycles. The molecule has 0 radical (unpaired) electrons. The molecule has 1 amide bonds. The minimum Gasteiger partial charge on any atom is -0.366 e. The number of nitrogens with two attached hydrogens (primary N) is 1. The Morgan fingerprint density at radius 1 is 1.61 bits per heavy atom. The van der Waals surface area contributed by atoms with Crippen molar-refractivity contribution in [2.75, 3.05) is 5.73 Å². The fourth-order valence-electron chi connectivity index (χ4n) is 1.84. The molecule has 0 spiro atoms. The fraction of sp³-hybridized carbons (Fsp3) is 0.364. The van der Waals surface area contributed by atoms with Crippen molar-refractivity contribution in [1.82, 2.24) is 20.1 Å². The number of aromatic amines is 1. The molecule has 1 fully saturated rings. The number of thiophene rings is 1. The van der Waals surface area contributed by atoms with Gasteiger partial charge in [0.25, 0.3) is 5.91 Å². The third kappa shape index (κ3) is 2.21. The number of nitrogen functional groups attached to an aromatic ring is 1. The second-order valence-corrected chi connectivity index (χ2v) is 5.12. The number of amides is 1. The molecule has 0 aromatic carbocycles. The summed E-state index contributed by atoms with van der Waals surface area (Å²) in [5.41, 5.74) is 6.57. The number of hydrogen-bond donors (Lipinski definition) is 2. The van der Waals surface area contributed by atoms with E-state index in [1.807, 2.05) is 16.3 Å². The van der Waals surface area contributed by atoms with Crippen LogP contribution in [0.1, 0.15) is 29.0 Å². The Balaban J connectivity index is 1.79. The summed E-state index contributed by atoms with van der Waals surface area (Å²) >= 11 is 1.63. The molecular formula is C11H13N5OS. The second-order valence-electron chi connectivity index (χ2n) is 4.34. The van der Waals surface area contributed by atoms with Crippen LogP contribution in [0.3, 0.4) is 0 Å². The van der Waals surface area contributed by atoms with Gasteiger partial charge >= 0.3 is 0 Å². The van der Waals surface area contributed by atoms with Crippen LogP contribution < -0.4 is 5.73 Å². The number of anilines is 1. The van der Waals surface area contributed by atoms with Gasteiger partial charge in [0.05, 0.1) is 0 Å². The number of carbonyl (C=O) groups is 1. The average Bonchev–Trinajstić information content (AvgIpc) is 2.88. The molecule has 0 unspecified atom stereocenters. The molecule has 94 valence electrons. The van der Waals surface area contributed by atoms with Gasteiger partial charge in [-0.2, -0.15) is 16.3 Å². The second kappa shape index (κ2) is 4.41. The first-order chi connectivity index (χ1) is 8.74. The Labute approximate surface area is 108 Å². The maximum Gasteiger partial charge on any atom is 0.291 e. The van der Waals surface area contributed by atoms with Crippen molar-refractivity contribution in [3.63, 3.8) is 0 Å². The Kier molecular flexibility index (Phi) is 2.75. The Bertz CT molecular complexity index is 546. The molecule has 1 aliphatic rings. The standard InChI is InChI=1S/C11H13N5OS/c12-11-13-9(14-15-11)10(17)16(8-1-2-8)5-7-3-4-18-6-7/h3-4,6,8H,1-2,5H2,(H3,12,13,14,15). The zero-order valence-corrected chi connectivity index (χ0v) is 10.5. The normalized spacial score (nSPS) is 14.7. The van der Waals surface area contributed by atoms with Crippen LogP contribution in [-0.2, 0) is 6.54 Å². The van der Waals surface area contributed by atoms with E-state index >= 15 is 0 Å². The van der Waals surface area contributed by atoms with Gasteiger partial charge in [-0.25, -0.2) is 0 Å². The highest BCUT2D eigenvalue weighted by Gasteiger charge is 2.34. The van der Waals surface area contributed by atoms with E-state index in [1.54, 1.807) is 11.3 Å². The van der Waals surface area contributed by atoms with E-state index in [0.717, 1.165) is 18.4 Å². The highest BCUT2D eigenvalue weighted by Crippen LogP contribution is 2.29. The number of aromatic nitrogens is 3. The van der Waals surface area contributed by atoms with E-state index in [0.29, 0.717) is 12.6 Å². The van der Waals surface area contributed by atoms with Crippen molar-refractivity contribution >= 4 is 23.2 Å². The van der Waals surface area contributed by atoms with E-state index in [4.69, 9.17) is 5.73 Å². The molecule has 7 heteroatoms. The predicted molar refractivity (Wildman–Crippen MR) is 68.0 cm³/mol. The molecule has 2 aromatic rings. The maximum atomic E-state index is 12.3. The van der Waals surface area contributed by atoms with Crippen LogP contribution >= 0.6 is 11.3 Å². The lowest BCUT2D eigenvalue weighted by Crippen LogP contribution is -2.33. The third-order valence-corrected chi connectivity index (χ3v) is 3.62. The predicted octanol–water partition coefficient (Wildman–Crippen LogP) is 1.25. The third-order valence-electron chi connectivity index (χ3n) is 2.89. The van der Waals surface area contributed by atoms with Crippen LogP contribution in [0.5, 0.6) is 0 Å². The monoisotopic (exact) mass is 263 g/mol. The lowest BCUT2D eigenvalue weighted by molar-refractivity contribution is 0.0718. The van der Waals surface area contributed by atoms with Gasteiger partial charge in [-0.15, -0.1) is 5.10 Å². The number of rotatable bonds is 4. The topological polar surface area (TPSA) is 87.9 Å². The first-order valence-corrected chi connectivity index (χ1v) is 6.68. The summed E-state index contributed by atoms with van der Waals surface area (Å²) in [6.07, 6.45) is 2.11. The van der Waals surface area contributed by atoms with Crippen LogP contribution in [0, 0.1) is 0 Å². The lowest BCUT2D eigenvalue weighted by Gasteiger charge is -2.20. The van der Waals surface area contributed by atoms with Gasteiger partial charge in [0.15, 0.2) is 0 Å². The largest absolute Gasteiger partial charge is 0.366 e. The summed E-state index contributed by atoms with van der Waals surface area (Å²) in [6.45, 7) is 0.619. The number of hydrogen-bond acceptors (Lipinski definition) is 5. The molecule has 2 heterocycles. The number of nitrogens with one attached hydrogen (secondary N) is 1. The molecule has 0 saturated heterocycles. The van der Waals surface area contributed by atoms with Crippen LogP contribution in [0.4, 0.5) is 5.95 Å². The molecule has 2 aromatic heterocycles. The summed E-state index contributed by atoms with van der Waals surface area (Å²) in [5.74, 6) is 0.187. The number of H-pyrrole nitrogens is 1. The molecular weight excluding hydrogens is 250 g/mol. The van der Waals surface area contributed by atoms with E-state index in [2.05, 4.69) is 20.6 Å². The van der Waals surface area contributed by atoms with Crippen molar-refractivity contribution in [3.8, 4) is 0 Å². The molecule has 0 aliphatic heterocycles. The first-order valence-electron chi connectivity index (χ1n) is 5.74. The molecule has 0 atom stereocenters. The Morgan fingerprint density at radius 3 is 3.00 bits per heavy atom. The molecule has 1 aliphatic carbocycles. The fourth-order valence-corrected chi connectivity index (χ4v) is 2.50. The summed E-state index contributed by atoms with van der Waals surface area (Å²) in [6, 6.07) is 2.35. The average molecular weight is 263 g/mol. The van der Waals surface area contributed by atoms with Crippen LogP contribution in [0.2, 0.25) is 0 Å². The van der Waals surface area contributed by atoms with Crippen LogP contribution in [0.15, 0.2) is 16.8 Å². The van der Waals surface area contributed by atoms with Gasteiger partial charge in [0.1, 0.15) is 0 Å². The molecule has 18 heavy (non-hydrogen) atoms. The van der Waals surface area contributed by atoms with Crippen LogP contribution in [-0.4, -0.2) is 32.0 Å². The van der Waals surface area contributed by atoms with Gasteiger partial charge in [0.2, 0.25) is 11.8 Å². The number of nitrogens with zero attached hydrogens (tertiary/aromatic N) is 3. The quantitative estimate of drug-likeness (QED) is 0.869. The number of carbonyl (C=O) groups excluding carboxylic acids is 1. The minimum atomic E-state index is -0.132. The van der Waals surface area contributed by atoms with E-state index in [9.17, 15) is 4.79 Å². The van der Waals surface area contributed by atoms with Crippen molar-refractivity contribution in [2.24, 2.45) is 0 Å². The molecule has 0 bridgehead atoms. The highest BCUT2D eigenvalue weighted by molar-refractivity contribution is 7.07. The zero-order valence-electron chi connectivity index (χ0n) is 9.67. The van der Waals surface area contributed by atoms with E-state index < -0.39 is 0 Å². The van der Waals surface area contributed by atoms with Crippen molar-refractivity contribution < 1.29 is 4.79 Å². The van der Waals surface area contributed by atoms with Crippen molar-refractivity contribution in [3.05, 3.63) is 28.2 Å². The first kappa shape index (κ1) is 11.2. The highest BCUT2D eigenvalue weighted by atomic mass is 32.1. The minimum absolute atomic E-state index is 0.102. The SMILES string of the molecule is Nc1n[nH]c(C(=O)N(Cc2ccsc2)C2CC2)n1. The summed E-state index contributed by atoms with van der Waals surface area (Å²) in [5, 5.41) is 10.3. The molecule has 6 nitrogen and oxygen atoms in total. The Hall–Kier alpha value is -1.89. The van der Waals surface area contributed by atoms with E-state index in [1.165, 1.54) is 0 Å². The van der Waals surface area contributed by atoms with Crippen molar-refractivity contribution in [1.29, 1.82) is 0 Å². The van der Waals surface area contributed by atoms with Gasteiger partial charge in [-0.05, 0) is 35.2 Å². The zero-order chi connectivity index (χ0) is 12.5. The summed E-state index contributed by atoms with van der Waals surface area (Å²) < 4.78 is 0. The van der Waals surface area contributed by atoms with Gasteiger partial charge in [-0.3, -0.25) is 9.89 Å². The van der Waals surface area contributed by atoms with Crippen molar-refractivity contribution in [2.45, 2.75) is 25.4 Å². The van der Waals surface area contributed by atoms with Gasteiger partial charge in [0, 0.05) is 12.6 Å².